The molecule has 0 saturated heterocycles. The highest BCUT2D eigenvalue weighted by Crippen LogP contribution is 2.29. The number of nitrogens with zero attached hydrogens (tertiary/aromatic N) is 3. The van der Waals surface area contributed by atoms with Crippen LogP contribution in [0.4, 0.5) is 0 Å². The van der Waals surface area contributed by atoms with Crippen LogP contribution >= 0.6 is 12.2 Å². The second kappa shape index (κ2) is 9.25. The van der Waals surface area contributed by atoms with Crippen LogP contribution in [0.25, 0.3) is 10.9 Å². The van der Waals surface area contributed by atoms with Crippen molar-refractivity contribution < 1.29 is 9.53 Å². The third-order valence-electron chi connectivity index (χ3n) is 5.40. The minimum absolute atomic E-state index is 0.236. The number of para-hydroxylation sites is 1. The number of benzene rings is 2. The van der Waals surface area contributed by atoms with Gasteiger partial charge in [-0.2, -0.15) is 0 Å². The molecule has 168 valence electrons. The zero-order valence-electron chi connectivity index (χ0n) is 18.2. The van der Waals surface area contributed by atoms with E-state index in [0.717, 1.165) is 5.56 Å². The molecule has 4 aromatic rings. The van der Waals surface area contributed by atoms with Crippen molar-refractivity contribution >= 4 is 29.0 Å². The Morgan fingerprint density at radius 3 is 2.82 bits per heavy atom. The molecule has 1 amide bonds. The van der Waals surface area contributed by atoms with E-state index in [1.807, 2.05) is 42.1 Å². The molecule has 33 heavy (non-hydrogen) atoms. The summed E-state index contributed by atoms with van der Waals surface area (Å²) in [4.78, 5) is 33.5. The maximum Gasteiger partial charge on any atom is 0.262 e. The van der Waals surface area contributed by atoms with E-state index in [4.69, 9.17) is 17.0 Å². The zero-order valence-corrected chi connectivity index (χ0v) is 19.1. The monoisotopic (exact) mass is 461 g/mol. The third kappa shape index (κ3) is 4.22. The summed E-state index contributed by atoms with van der Waals surface area (Å²) in [5, 5.41) is 3.49. The number of carbonyl (C=O) groups is 1. The van der Waals surface area contributed by atoms with Crippen molar-refractivity contribution in [3.8, 4) is 5.75 Å². The molecule has 0 spiro atoms. The van der Waals surface area contributed by atoms with Gasteiger partial charge in [0.15, 0.2) is 4.77 Å². The number of H-pyrrole nitrogens is 1. The molecule has 2 aromatic carbocycles. The number of rotatable bonds is 7. The van der Waals surface area contributed by atoms with Gasteiger partial charge >= 0.3 is 0 Å². The number of aryl methyl sites for hydroxylation is 1. The Labute approximate surface area is 195 Å². The molecule has 8 nitrogen and oxygen atoms in total. The first kappa shape index (κ1) is 22.2. The first-order valence-electron chi connectivity index (χ1n) is 10.2. The molecule has 0 radical (unpaired) electrons. The second-order valence-electron chi connectivity index (χ2n) is 7.44. The molecule has 9 heteroatoms. The number of ether oxygens (including phenoxy) is 1. The highest BCUT2D eigenvalue weighted by Gasteiger charge is 2.24. The van der Waals surface area contributed by atoms with Crippen LogP contribution < -0.4 is 15.6 Å². The Balaban J connectivity index is 1.75. The first-order valence-corrected chi connectivity index (χ1v) is 10.6. The van der Waals surface area contributed by atoms with Crippen LogP contribution in [-0.4, -0.2) is 32.1 Å². The number of fused-ring (bicyclic) bond motifs is 1. The molecule has 1 unspecified atom stereocenters. The summed E-state index contributed by atoms with van der Waals surface area (Å²) in [6, 6.07) is 11.8. The molecule has 2 N–H and O–H groups in total. The SMILES string of the molecule is C=CCn1c(=S)[nH]c2cc(C(=O)NC(c3ccccc3OC)c3nccn3C)ccc2c1=O. The number of allylic oxidation sites excluding steroid dienone is 1. The largest absolute Gasteiger partial charge is 0.496 e. The fourth-order valence-corrected chi connectivity index (χ4v) is 4.01. The topological polar surface area (TPSA) is 93.9 Å². The Bertz CT molecular complexity index is 1470. The normalized spacial score (nSPS) is 11.8. The fourth-order valence-electron chi connectivity index (χ4n) is 3.75. The average Bonchev–Trinajstić information content (AvgIpc) is 3.25. The van der Waals surface area contributed by atoms with Gasteiger partial charge in [-0.3, -0.25) is 14.2 Å². The van der Waals surface area contributed by atoms with E-state index < -0.39 is 6.04 Å². The number of hydrogen-bond acceptors (Lipinski definition) is 5. The van der Waals surface area contributed by atoms with Crippen molar-refractivity contribution in [1.82, 2.24) is 24.4 Å². The standard InChI is InChI=1S/C24H23N5O3S/c1-4-12-29-23(31)16-10-9-15(14-18(16)26-24(29)33)22(30)27-20(21-25-11-13-28(21)2)17-7-5-6-8-19(17)32-3/h4-11,13-14,20H,1,12H2,2-3H3,(H,26,33)(H,27,30). The van der Waals surface area contributed by atoms with Crippen molar-refractivity contribution in [2.75, 3.05) is 7.11 Å². The van der Waals surface area contributed by atoms with Gasteiger partial charge in [-0.1, -0.05) is 24.3 Å². The molecule has 0 saturated carbocycles. The van der Waals surface area contributed by atoms with Crippen LogP contribution in [-0.2, 0) is 13.6 Å². The highest BCUT2D eigenvalue weighted by molar-refractivity contribution is 7.71. The molecular formula is C24H23N5O3S. The van der Waals surface area contributed by atoms with Gasteiger partial charge in [0.25, 0.3) is 11.5 Å². The number of carbonyl (C=O) groups excluding carboxylic acids is 1. The van der Waals surface area contributed by atoms with Crippen LogP contribution in [0.2, 0.25) is 0 Å². The van der Waals surface area contributed by atoms with Crippen molar-refractivity contribution in [3.05, 3.63) is 99.6 Å². The number of methoxy groups -OCH3 is 1. The quantitative estimate of drug-likeness (QED) is 0.325. The number of aromatic amines is 1. The lowest BCUT2D eigenvalue weighted by Gasteiger charge is -2.21. The Kier molecular flexibility index (Phi) is 6.23. The minimum atomic E-state index is -0.552. The Hall–Kier alpha value is -3.98. The van der Waals surface area contributed by atoms with Gasteiger partial charge in [0.05, 0.1) is 18.0 Å². The van der Waals surface area contributed by atoms with Crippen molar-refractivity contribution in [1.29, 1.82) is 0 Å². The average molecular weight is 462 g/mol. The molecule has 2 heterocycles. The molecule has 4 rings (SSSR count). The smallest absolute Gasteiger partial charge is 0.262 e. The van der Waals surface area contributed by atoms with E-state index in [1.165, 1.54) is 4.57 Å². The van der Waals surface area contributed by atoms with E-state index in [2.05, 4.69) is 21.9 Å². The van der Waals surface area contributed by atoms with E-state index in [-0.39, 0.29) is 16.2 Å². The van der Waals surface area contributed by atoms with Crippen LogP contribution in [0.3, 0.4) is 0 Å². The summed E-state index contributed by atoms with van der Waals surface area (Å²) in [7, 11) is 3.45. The van der Waals surface area contributed by atoms with Crippen LogP contribution in [0, 0.1) is 4.77 Å². The Morgan fingerprint density at radius 1 is 1.33 bits per heavy atom. The number of aromatic nitrogens is 4. The van der Waals surface area contributed by atoms with Crippen molar-refractivity contribution in [3.63, 3.8) is 0 Å². The molecule has 0 aliphatic carbocycles. The fraction of sp³-hybridized carbons (Fsp3) is 0.167. The molecule has 2 aromatic heterocycles. The summed E-state index contributed by atoms with van der Waals surface area (Å²) in [6.45, 7) is 3.96. The maximum absolute atomic E-state index is 13.3. The molecule has 0 aliphatic rings. The highest BCUT2D eigenvalue weighted by atomic mass is 32.1. The van der Waals surface area contributed by atoms with Gasteiger partial charge in [0.1, 0.15) is 17.6 Å². The Morgan fingerprint density at radius 2 is 2.12 bits per heavy atom. The molecule has 1 atom stereocenters. The summed E-state index contributed by atoms with van der Waals surface area (Å²) in [5.74, 6) is 0.960. The van der Waals surface area contributed by atoms with E-state index in [1.54, 1.807) is 37.6 Å². The number of imidazole rings is 1. The van der Waals surface area contributed by atoms with E-state index in [9.17, 15) is 9.59 Å². The van der Waals surface area contributed by atoms with Gasteiger partial charge < -0.3 is 19.6 Å². The predicted molar refractivity (Wildman–Crippen MR) is 129 cm³/mol. The van der Waals surface area contributed by atoms with Crippen LogP contribution in [0.15, 0.2) is 72.3 Å². The summed E-state index contributed by atoms with van der Waals surface area (Å²) in [6.07, 6.45) is 5.09. The molecule has 0 aliphatic heterocycles. The number of hydrogen-bond donors (Lipinski definition) is 2. The van der Waals surface area contributed by atoms with Crippen molar-refractivity contribution in [2.24, 2.45) is 7.05 Å². The zero-order chi connectivity index (χ0) is 23.5. The lowest BCUT2D eigenvalue weighted by Crippen LogP contribution is -2.31. The van der Waals surface area contributed by atoms with E-state index >= 15 is 0 Å². The van der Waals surface area contributed by atoms with Crippen LogP contribution in [0.5, 0.6) is 5.75 Å². The van der Waals surface area contributed by atoms with Gasteiger partial charge in [-0.05, 0) is 36.5 Å². The first-order chi connectivity index (χ1) is 15.9. The van der Waals surface area contributed by atoms with Crippen molar-refractivity contribution in [2.45, 2.75) is 12.6 Å². The summed E-state index contributed by atoms with van der Waals surface area (Å²) < 4.78 is 9.05. The molecule has 0 bridgehead atoms. The predicted octanol–water partition coefficient (Wildman–Crippen LogP) is 3.51. The lowest BCUT2D eigenvalue weighted by atomic mass is 10.0. The summed E-state index contributed by atoms with van der Waals surface area (Å²) in [5.41, 5.74) is 1.41. The lowest BCUT2D eigenvalue weighted by molar-refractivity contribution is 0.0941. The maximum atomic E-state index is 13.3. The summed E-state index contributed by atoms with van der Waals surface area (Å²) >= 11 is 5.31. The third-order valence-corrected chi connectivity index (χ3v) is 5.72. The molecule has 0 fully saturated rings. The second-order valence-corrected chi connectivity index (χ2v) is 7.83. The van der Waals surface area contributed by atoms with E-state index in [0.29, 0.717) is 34.6 Å². The van der Waals surface area contributed by atoms with Gasteiger partial charge in [0.2, 0.25) is 0 Å². The van der Waals surface area contributed by atoms with Gasteiger partial charge in [0, 0.05) is 37.1 Å². The van der Waals surface area contributed by atoms with Gasteiger partial charge in [-0.15, -0.1) is 6.58 Å². The minimum Gasteiger partial charge on any atom is -0.496 e. The van der Waals surface area contributed by atoms with Gasteiger partial charge in [-0.25, -0.2) is 4.98 Å². The number of amides is 1. The molecular weight excluding hydrogens is 438 g/mol. The van der Waals surface area contributed by atoms with Crippen LogP contribution in [0.1, 0.15) is 27.8 Å². The number of nitrogens with one attached hydrogen (secondary N) is 2.